The van der Waals surface area contributed by atoms with Gasteiger partial charge in [0.05, 0.1) is 10.8 Å². The first-order valence-corrected chi connectivity index (χ1v) is 12.3. The Hall–Kier alpha value is -2.78. The van der Waals surface area contributed by atoms with Crippen LogP contribution in [0, 0.1) is 32.5 Å². The van der Waals surface area contributed by atoms with Crippen LogP contribution in [0.15, 0.2) is 41.3 Å². The molecule has 1 atom stereocenters. The lowest BCUT2D eigenvalue weighted by atomic mass is 9.98. The first kappa shape index (κ1) is 24.9. The van der Waals surface area contributed by atoms with Gasteiger partial charge in [0.15, 0.2) is 6.10 Å². The van der Waals surface area contributed by atoms with Crippen LogP contribution in [-0.4, -0.2) is 43.8 Å². The van der Waals surface area contributed by atoms with Gasteiger partial charge in [-0.25, -0.2) is 12.8 Å². The quantitative estimate of drug-likeness (QED) is 0.642. The Morgan fingerprint density at radius 2 is 1.61 bits per heavy atom. The van der Waals surface area contributed by atoms with Gasteiger partial charge in [0.1, 0.15) is 5.82 Å². The minimum absolute atomic E-state index is 0.0110. The normalized spacial score (nSPS) is 16.3. The number of amides is 1. The number of aryl methyl sites for hydroxylation is 3. The average Bonchev–Trinajstić information content (AvgIpc) is 2.76. The topological polar surface area (TPSA) is 92.8 Å². The van der Waals surface area contributed by atoms with Crippen molar-refractivity contribution in [3.63, 3.8) is 0 Å². The number of piperidine rings is 1. The molecule has 1 fully saturated rings. The van der Waals surface area contributed by atoms with E-state index >= 15 is 0 Å². The predicted molar refractivity (Wildman–Crippen MR) is 123 cm³/mol. The summed E-state index contributed by atoms with van der Waals surface area (Å²) in [7, 11) is -3.76. The largest absolute Gasteiger partial charge is 0.452 e. The molecule has 1 heterocycles. The number of nitrogens with one attached hydrogen (secondary N) is 1. The third-order valence-electron chi connectivity index (χ3n) is 5.83. The van der Waals surface area contributed by atoms with E-state index in [-0.39, 0.29) is 30.8 Å². The summed E-state index contributed by atoms with van der Waals surface area (Å²) < 4.78 is 45.2. The molecule has 1 unspecified atom stereocenters. The average molecular weight is 477 g/mol. The molecule has 1 amide bonds. The van der Waals surface area contributed by atoms with Crippen LogP contribution in [0.5, 0.6) is 0 Å². The van der Waals surface area contributed by atoms with Crippen molar-refractivity contribution in [2.45, 2.75) is 51.5 Å². The Morgan fingerprint density at radius 1 is 1.06 bits per heavy atom. The minimum atomic E-state index is -3.76. The molecule has 1 aliphatic rings. The molecule has 33 heavy (non-hydrogen) atoms. The van der Waals surface area contributed by atoms with Crippen molar-refractivity contribution in [3.05, 3.63) is 58.9 Å². The van der Waals surface area contributed by atoms with E-state index in [1.165, 1.54) is 23.4 Å². The highest BCUT2D eigenvalue weighted by molar-refractivity contribution is 7.89. The van der Waals surface area contributed by atoms with Gasteiger partial charge in [0.25, 0.3) is 5.91 Å². The molecule has 0 aliphatic carbocycles. The number of halogens is 1. The molecule has 178 valence electrons. The van der Waals surface area contributed by atoms with Crippen LogP contribution < -0.4 is 5.32 Å². The van der Waals surface area contributed by atoms with Gasteiger partial charge in [-0.3, -0.25) is 9.59 Å². The second kappa shape index (κ2) is 10.0. The Kier molecular flexibility index (Phi) is 7.54. The molecule has 7 nitrogen and oxygen atoms in total. The molecule has 0 aromatic heterocycles. The number of esters is 1. The fraction of sp³-hybridized carbons (Fsp3) is 0.417. The van der Waals surface area contributed by atoms with Crippen molar-refractivity contribution >= 4 is 27.6 Å². The van der Waals surface area contributed by atoms with Gasteiger partial charge in [-0.05, 0) is 75.9 Å². The Morgan fingerprint density at radius 3 is 2.15 bits per heavy atom. The molecule has 0 saturated carbocycles. The number of ether oxygens (including phenoxy) is 1. The van der Waals surface area contributed by atoms with Crippen molar-refractivity contribution in [1.29, 1.82) is 0 Å². The Balaban J connectivity index is 1.55. The molecular formula is C24H29FN2O5S. The van der Waals surface area contributed by atoms with Gasteiger partial charge in [-0.2, -0.15) is 4.31 Å². The van der Waals surface area contributed by atoms with E-state index in [4.69, 9.17) is 4.74 Å². The predicted octanol–water partition coefficient (Wildman–Crippen LogP) is 3.72. The Labute approximate surface area is 194 Å². The number of nitrogens with zero attached hydrogens (tertiary/aromatic N) is 1. The summed E-state index contributed by atoms with van der Waals surface area (Å²) in [4.78, 5) is 25.2. The molecule has 0 radical (unpaired) electrons. The van der Waals surface area contributed by atoms with Crippen LogP contribution in [0.4, 0.5) is 10.1 Å². The number of carbonyl (C=O) groups excluding carboxylic acids is 2. The summed E-state index contributed by atoms with van der Waals surface area (Å²) in [5.41, 5.74) is 3.64. The molecular weight excluding hydrogens is 447 g/mol. The van der Waals surface area contributed by atoms with E-state index in [1.807, 2.05) is 32.9 Å². The number of hydrogen-bond acceptors (Lipinski definition) is 5. The van der Waals surface area contributed by atoms with Crippen LogP contribution >= 0.6 is 0 Å². The fourth-order valence-corrected chi connectivity index (χ4v) is 5.48. The van der Waals surface area contributed by atoms with Gasteiger partial charge >= 0.3 is 5.97 Å². The third-order valence-corrected chi connectivity index (χ3v) is 7.74. The zero-order chi connectivity index (χ0) is 24.3. The van der Waals surface area contributed by atoms with E-state index in [1.54, 1.807) is 0 Å². The van der Waals surface area contributed by atoms with E-state index in [9.17, 15) is 22.4 Å². The van der Waals surface area contributed by atoms with Crippen molar-refractivity contribution in [3.8, 4) is 0 Å². The summed E-state index contributed by atoms with van der Waals surface area (Å²) >= 11 is 0. The van der Waals surface area contributed by atoms with E-state index in [0.29, 0.717) is 5.69 Å². The van der Waals surface area contributed by atoms with Crippen molar-refractivity contribution in [1.82, 2.24) is 4.31 Å². The smallest absolute Gasteiger partial charge is 0.309 e. The van der Waals surface area contributed by atoms with Crippen molar-refractivity contribution in [2.75, 3.05) is 18.4 Å². The van der Waals surface area contributed by atoms with Crippen molar-refractivity contribution in [2.24, 2.45) is 5.92 Å². The SMILES string of the molecule is Cc1cc(C)c(NC(=O)C(C)OC(=O)C2CCN(S(=O)(=O)c3ccc(F)cc3)CC2)c(C)c1. The van der Waals surface area contributed by atoms with Gasteiger partial charge in [0.2, 0.25) is 10.0 Å². The third kappa shape index (κ3) is 5.78. The number of carbonyl (C=O) groups is 2. The number of hydrogen-bond donors (Lipinski definition) is 1. The standard InChI is InChI=1S/C24H29FN2O5S/c1-15-13-16(2)22(17(3)14-15)26-23(28)18(4)32-24(29)19-9-11-27(12-10-19)33(30,31)21-7-5-20(25)6-8-21/h5-8,13-14,18-19H,9-12H2,1-4H3,(H,26,28). The Bertz CT molecular complexity index is 1120. The second-order valence-electron chi connectivity index (χ2n) is 8.47. The first-order chi connectivity index (χ1) is 15.5. The number of anilines is 1. The summed E-state index contributed by atoms with van der Waals surface area (Å²) in [6.45, 7) is 7.58. The molecule has 2 aromatic carbocycles. The van der Waals surface area contributed by atoms with Crippen LogP contribution in [0.3, 0.4) is 0 Å². The number of benzene rings is 2. The van der Waals surface area contributed by atoms with Crippen LogP contribution in [0.2, 0.25) is 0 Å². The molecule has 1 aliphatic heterocycles. The maximum Gasteiger partial charge on any atom is 0.309 e. The van der Waals surface area contributed by atoms with E-state index in [2.05, 4.69) is 5.32 Å². The molecule has 1 N–H and O–H groups in total. The van der Waals surface area contributed by atoms with E-state index < -0.39 is 39.7 Å². The number of sulfonamides is 1. The zero-order valence-electron chi connectivity index (χ0n) is 19.2. The van der Waals surface area contributed by atoms with Crippen LogP contribution in [0.25, 0.3) is 0 Å². The fourth-order valence-electron chi connectivity index (χ4n) is 4.01. The molecule has 0 spiro atoms. The van der Waals surface area contributed by atoms with Gasteiger partial charge in [-0.15, -0.1) is 0 Å². The maximum atomic E-state index is 13.1. The van der Waals surface area contributed by atoms with Crippen LogP contribution in [0.1, 0.15) is 36.5 Å². The highest BCUT2D eigenvalue weighted by Gasteiger charge is 2.34. The summed E-state index contributed by atoms with van der Waals surface area (Å²) in [6.07, 6.45) is -0.424. The van der Waals surface area contributed by atoms with Crippen molar-refractivity contribution < 1.29 is 27.1 Å². The summed E-state index contributed by atoms with van der Waals surface area (Å²) in [5, 5.41) is 2.83. The molecule has 9 heteroatoms. The minimum Gasteiger partial charge on any atom is -0.452 e. The van der Waals surface area contributed by atoms with E-state index in [0.717, 1.165) is 28.8 Å². The monoisotopic (exact) mass is 476 g/mol. The summed E-state index contributed by atoms with van der Waals surface area (Å²) in [5.74, 6) is -1.95. The van der Waals surface area contributed by atoms with Gasteiger partial charge in [-0.1, -0.05) is 17.7 Å². The van der Waals surface area contributed by atoms with Gasteiger partial charge in [0, 0.05) is 18.8 Å². The molecule has 1 saturated heterocycles. The highest BCUT2D eigenvalue weighted by Crippen LogP contribution is 2.26. The zero-order valence-corrected chi connectivity index (χ0v) is 20.0. The molecule has 2 aromatic rings. The van der Waals surface area contributed by atoms with Crippen LogP contribution in [-0.2, 0) is 24.3 Å². The maximum absolute atomic E-state index is 13.1. The first-order valence-electron chi connectivity index (χ1n) is 10.8. The molecule has 3 rings (SSSR count). The summed E-state index contributed by atoms with van der Waals surface area (Å²) in [6, 6.07) is 8.58. The lowest BCUT2D eigenvalue weighted by Crippen LogP contribution is -2.41. The second-order valence-corrected chi connectivity index (χ2v) is 10.4. The molecule has 0 bridgehead atoms. The lowest BCUT2D eigenvalue weighted by Gasteiger charge is -2.30. The number of rotatable bonds is 6. The van der Waals surface area contributed by atoms with Gasteiger partial charge < -0.3 is 10.1 Å². The lowest BCUT2D eigenvalue weighted by molar-refractivity contribution is -0.158. The highest BCUT2D eigenvalue weighted by atomic mass is 32.2.